The molecule has 2 unspecified atom stereocenters. The Balaban J connectivity index is 0.00000242. The zero-order valence-electron chi connectivity index (χ0n) is 13.0. The molecule has 22 heavy (non-hydrogen) atoms. The number of carbonyl (C=O) groups is 1. The minimum absolute atomic E-state index is 0. The molecule has 1 N–H and O–H groups in total. The van der Waals surface area contributed by atoms with Crippen molar-refractivity contribution in [2.75, 3.05) is 19.7 Å². The van der Waals surface area contributed by atoms with Gasteiger partial charge in [-0.1, -0.05) is 23.7 Å². The molecule has 2 atom stereocenters. The van der Waals surface area contributed by atoms with Crippen molar-refractivity contribution in [1.29, 1.82) is 0 Å². The molecule has 1 aliphatic heterocycles. The zero-order chi connectivity index (χ0) is 15.2. The van der Waals surface area contributed by atoms with Gasteiger partial charge < -0.3 is 15.0 Å². The Morgan fingerprint density at radius 2 is 2.14 bits per heavy atom. The van der Waals surface area contributed by atoms with Crippen LogP contribution in [0.4, 0.5) is 0 Å². The summed E-state index contributed by atoms with van der Waals surface area (Å²) >= 11 is 6.02. The first-order valence-corrected chi connectivity index (χ1v) is 7.87. The Hall–Kier alpha value is -0.970. The lowest BCUT2D eigenvalue weighted by atomic mass is 10.1. The molecule has 6 heteroatoms. The quantitative estimate of drug-likeness (QED) is 0.832. The van der Waals surface area contributed by atoms with Gasteiger partial charge in [-0.05, 0) is 32.4 Å². The third-order valence-corrected chi connectivity index (χ3v) is 4.30. The van der Waals surface area contributed by atoms with Crippen LogP contribution in [0.1, 0.15) is 26.7 Å². The maximum absolute atomic E-state index is 12.2. The fourth-order valence-electron chi connectivity index (χ4n) is 2.52. The molecule has 1 heterocycles. The molecule has 124 valence electrons. The van der Waals surface area contributed by atoms with Crippen LogP contribution in [-0.2, 0) is 4.79 Å². The molecule has 0 aliphatic carbocycles. The molecule has 2 rings (SSSR count). The molecule has 1 aliphatic rings. The van der Waals surface area contributed by atoms with Gasteiger partial charge in [-0.2, -0.15) is 0 Å². The van der Waals surface area contributed by atoms with Crippen LogP contribution in [0.5, 0.6) is 5.75 Å². The number of hydrogen-bond acceptors (Lipinski definition) is 3. The summed E-state index contributed by atoms with van der Waals surface area (Å²) in [6.45, 7) is 6.37. The Kier molecular flexibility index (Phi) is 8.01. The number of halogens is 2. The van der Waals surface area contributed by atoms with E-state index in [1.54, 1.807) is 6.07 Å². The number of rotatable bonds is 5. The molecule has 1 saturated heterocycles. The van der Waals surface area contributed by atoms with E-state index < -0.39 is 0 Å². The number of ether oxygens (including phenoxy) is 1. The van der Waals surface area contributed by atoms with E-state index in [9.17, 15) is 4.79 Å². The normalized spacial score (nSPS) is 21.1. The second-order valence-corrected chi connectivity index (χ2v) is 5.86. The highest BCUT2D eigenvalue weighted by atomic mass is 35.5. The molecule has 1 fully saturated rings. The number of amides is 1. The van der Waals surface area contributed by atoms with Gasteiger partial charge in [0.15, 0.2) is 0 Å². The van der Waals surface area contributed by atoms with Crippen LogP contribution in [0.2, 0.25) is 5.02 Å². The van der Waals surface area contributed by atoms with Crippen molar-refractivity contribution < 1.29 is 9.53 Å². The van der Waals surface area contributed by atoms with Crippen molar-refractivity contribution in [2.45, 2.75) is 38.8 Å². The summed E-state index contributed by atoms with van der Waals surface area (Å²) in [6.07, 6.45) is 1.22. The first kappa shape index (κ1) is 19.1. The average Bonchev–Trinajstić information content (AvgIpc) is 2.48. The number of hydrogen-bond donors (Lipinski definition) is 1. The second kappa shape index (κ2) is 9.23. The lowest BCUT2D eigenvalue weighted by Gasteiger charge is -2.38. The smallest absolute Gasteiger partial charge is 0.223 e. The predicted molar refractivity (Wildman–Crippen MR) is 92.1 cm³/mol. The van der Waals surface area contributed by atoms with E-state index in [-0.39, 0.29) is 24.4 Å². The van der Waals surface area contributed by atoms with Gasteiger partial charge in [-0.25, -0.2) is 0 Å². The summed E-state index contributed by atoms with van der Waals surface area (Å²) in [5, 5.41) is 3.98. The third-order valence-electron chi connectivity index (χ3n) is 3.98. The maximum atomic E-state index is 12.2. The second-order valence-electron chi connectivity index (χ2n) is 5.45. The molecule has 1 aromatic rings. The van der Waals surface area contributed by atoms with E-state index in [1.807, 2.05) is 23.1 Å². The lowest BCUT2D eigenvalue weighted by molar-refractivity contribution is -0.135. The van der Waals surface area contributed by atoms with Gasteiger partial charge >= 0.3 is 0 Å². The summed E-state index contributed by atoms with van der Waals surface area (Å²) in [5.41, 5.74) is 0. The van der Waals surface area contributed by atoms with Crippen LogP contribution in [0.25, 0.3) is 0 Å². The van der Waals surface area contributed by atoms with Crippen molar-refractivity contribution in [1.82, 2.24) is 10.2 Å². The molecule has 1 amide bonds. The van der Waals surface area contributed by atoms with Crippen LogP contribution >= 0.6 is 24.0 Å². The van der Waals surface area contributed by atoms with E-state index in [0.29, 0.717) is 36.3 Å². The number of carbonyl (C=O) groups excluding carboxylic acids is 1. The van der Waals surface area contributed by atoms with Gasteiger partial charge in [0.1, 0.15) is 5.75 Å². The summed E-state index contributed by atoms with van der Waals surface area (Å²) in [6, 6.07) is 7.98. The Labute approximate surface area is 143 Å². The van der Waals surface area contributed by atoms with Crippen LogP contribution in [0, 0.1) is 0 Å². The molecular formula is C16H24Cl2N2O2. The molecule has 0 aromatic heterocycles. The first-order chi connectivity index (χ1) is 10.1. The molecular weight excluding hydrogens is 323 g/mol. The fourth-order valence-corrected chi connectivity index (χ4v) is 2.71. The average molecular weight is 347 g/mol. The summed E-state index contributed by atoms with van der Waals surface area (Å²) in [5.74, 6) is 0.884. The summed E-state index contributed by atoms with van der Waals surface area (Å²) in [4.78, 5) is 14.2. The molecule has 0 radical (unpaired) electrons. The summed E-state index contributed by atoms with van der Waals surface area (Å²) < 4.78 is 5.61. The minimum Gasteiger partial charge on any atom is -0.492 e. The van der Waals surface area contributed by atoms with Crippen molar-refractivity contribution in [3.8, 4) is 5.75 Å². The molecule has 1 aromatic carbocycles. The van der Waals surface area contributed by atoms with Gasteiger partial charge in [0.25, 0.3) is 0 Å². The zero-order valence-corrected chi connectivity index (χ0v) is 14.6. The van der Waals surface area contributed by atoms with Gasteiger partial charge in [0, 0.05) is 31.6 Å². The minimum atomic E-state index is 0. The molecule has 0 bridgehead atoms. The molecule has 0 saturated carbocycles. The Morgan fingerprint density at radius 1 is 1.41 bits per heavy atom. The van der Waals surface area contributed by atoms with Crippen LogP contribution in [0.3, 0.4) is 0 Å². The van der Waals surface area contributed by atoms with Gasteiger partial charge in [-0.3, -0.25) is 4.79 Å². The number of nitrogens with one attached hydrogen (secondary N) is 1. The number of benzene rings is 1. The van der Waals surface area contributed by atoms with Gasteiger partial charge in [0.2, 0.25) is 5.91 Å². The van der Waals surface area contributed by atoms with Crippen molar-refractivity contribution in [2.24, 2.45) is 0 Å². The topological polar surface area (TPSA) is 41.6 Å². The highest BCUT2D eigenvalue weighted by molar-refractivity contribution is 6.32. The Bertz CT molecular complexity index is 485. The highest BCUT2D eigenvalue weighted by Gasteiger charge is 2.27. The first-order valence-electron chi connectivity index (χ1n) is 7.50. The number of nitrogens with zero attached hydrogens (tertiary/aromatic N) is 1. The Morgan fingerprint density at radius 3 is 2.86 bits per heavy atom. The third kappa shape index (κ3) is 5.04. The van der Waals surface area contributed by atoms with Gasteiger partial charge in [0.05, 0.1) is 11.6 Å². The monoisotopic (exact) mass is 346 g/mol. The highest BCUT2D eigenvalue weighted by Crippen LogP contribution is 2.23. The maximum Gasteiger partial charge on any atom is 0.223 e. The largest absolute Gasteiger partial charge is 0.492 e. The van der Waals surface area contributed by atoms with Crippen molar-refractivity contribution in [3.63, 3.8) is 0 Å². The number of piperazine rings is 1. The van der Waals surface area contributed by atoms with E-state index in [2.05, 4.69) is 19.2 Å². The fraction of sp³-hybridized carbons (Fsp3) is 0.562. The summed E-state index contributed by atoms with van der Waals surface area (Å²) in [7, 11) is 0. The van der Waals surface area contributed by atoms with E-state index in [4.69, 9.17) is 16.3 Å². The van der Waals surface area contributed by atoms with Crippen LogP contribution < -0.4 is 10.1 Å². The molecule has 0 spiro atoms. The van der Waals surface area contributed by atoms with Gasteiger partial charge in [-0.15, -0.1) is 12.4 Å². The van der Waals surface area contributed by atoms with Crippen LogP contribution in [-0.4, -0.2) is 42.6 Å². The number of para-hydroxylation sites is 1. The van der Waals surface area contributed by atoms with E-state index in [1.165, 1.54) is 0 Å². The predicted octanol–water partition coefficient (Wildman–Crippen LogP) is 3.13. The van der Waals surface area contributed by atoms with Crippen molar-refractivity contribution in [3.05, 3.63) is 29.3 Å². The SMILES string of the molecule is CC1NCCN(C(=O)CCCOc2ccccc2Cl)C1C.Cl. The lowest BCUT2D eigenvalue weighted by Crippen LogP contribution is -2.57. The van der Waals surface area contributed by atoms with Crippen LogP contribution in [0.15, 0.2) is 24.3 Å². The van der Waals surface area contributed by atoms with E-state index >= 15 is 0 Å². The molecule has 4 nitrogen and oxygen atoms in total. The van der Waals surface area contributed by atoms with E-state index in [0.717, 1.165) is 13.1 Å². The van der Waals surface area contributed by atoms with Crippen molar-refractivity contribution >= 4 is 29.9 Å². The standard InChI is InChI=1S/C16H23ClN2O2.ClH/c1-12-13(2)19(10-9-18-12)16(20)8-5-11-21-15-7-4-3-6-14(15)17;/h3-4,6-7,12-13,18H,5,8-11H2,1-2H3;1H.